The fourth-order valence-electron chi connectivity index (χ4n) is 5.36. The number of nitrogens with zero attached hydrogens (tertiary/aromatic N) is 3. The second-order valence-corrected chi connectivity index (χ2v) is 10.2. The Morgan fingerprint density at radius 1 is 1.00 bits per heavy atom. The van der Waals surface area contributed by atoms with Gasteiger partial charge in [0, 0.05) is 29.3 Å². The van der Waals surface area contributed by atoms with Crippen molar-refractivity contribution in [3.05, 3.63) is 107 Å². The van der Waals surface area contributed by atoms with Crippen LogP contribution in [-0.2, 0) is 15.8 Å². The number of carbonyl (C=O) groups excluding carboxylic acids is 3. The van der Waals surface area contributed by atoms with Crippen molar-refractivity contribution in [3.63, 3.8) is 0 Å². The van der Waals surface area contributed by atoms with Gasteiger partial charge in [0.1, 0.15) is 17.7 Å². The number of carbonyl (C=O) groups is 3. The van der Waals surface area contributed by atoms with Gasteiger partial charge in [0.2, 0.25) is 5.91 Å². The van der Waals surface area contributed by atoms with Crippen molar-refractivity contribution in [1.29, 1.82) is 0 Å². The lowest BCUT2D eigenvalue weighted by molar-refractivity contribution is -0.137. The van der Waals surface area contributed by atoms with Gasteiger partial charge >= 0.3 is 6.18 Å². The number of alkyl halides is 4. The maximum Gasteiger partial charge on any atom is 0.416 e. The quantitative estimate of drug-likeness (QED) is 0.264. The third kappa shape index (κ3) is 5.85. The van der Waals surface area contributed by atoms with E-state index in [1.807, 2.05) is 30.3 Å². The van der Waals surface area contributed by atoms with Crippen LogP contribution < -0.4 is 15.5 Å². The number of benzene rings is 3. The molecule has 222 valence electrons. The van der Waals surface area contributed by atoms with Crippen molar-refractivity contribution in [2.45, 2.75) is 32.0 Å². The maximum absolute atomic E-state index is 14.2. The molecule has 1 aliphatic rings. The van der Waals surface area contributed by atoms with Crippen LogP contribution in [0.15, 0.2) is 78.9 Å². The molecule has 0 bridgehead atoms. The van der Waals surface area contributed by atoms with Crippen molar-refractivity contribution >= 4 is 40.8 Å². The third-order valence-electron chi connectivity index (χ3n) is 7.22. The lowest BCUT2D eigenvalue weighted by Gasteiger charge is -2.38. The van der Waals surface area contributed by atoms with Gasteiger partial charge in [-0.15, -0.1) is 11.6 Å². The van der Waals surface area contributed by atoms with Gasteiger partial charge in [0.05, 0.1) is 16.9 Å². The van der Waals surface area contributed by atoms with Crippen LogP contribution in [0.2, 0.25) is 0 Å². The molecule has 2 N–H and O–H groups in total. The van der Waals surface area contributed by atoms with Gasteiger partial charge in [-0.05, 0) is 61.9 Å². The number of aromatic nitrogens is 2. The molecule has 0 fully saturated rings. The van der Waals surface area contributed by atoms with Gasteiger partial charge in [-0.1, -0.05) is 36.4 Å². The number of anilines is 2. The van der Waals surface area contributed by atoms with Crippen LogP contribution in [0.4, 0.5) is 24.7 Å². The highest BCUT2D eigenvalue weighted by Gasteiger charge is 2.45. The standard InChI is InChI=1S/C31H27ClF3N5O3/c1-3-39-29-25(18(2)38-40(29)23-13-5-4-6-14-23)26(19-9-8-12-22(16-19)36-24(41)17-32)27(30(39)43)37-28(42)20-10-7-11-21(15-20)31(33,34)35/h4-16,26-27H,3,17H2,1-2H3,(H,36,41)(H,37,42). The van der Waals surface area contributed by atoms with E-state index in [-0.39, 0.29) is 18.0 Å². The van der Waals surface area contributed by atoms with Gasteiger partial charge in [0.15, 0.2) is 0 Å². The first-order valence-corrected chi connectivity index (χ1v) is 14.0. The Morgan fingerprint density at radius 2 is 1.72 bits per heavy atom. The summed E-state index contributed by atoms with van der Waals surface area (Å²) in [5.74, 6) is -2.29. The first-order chi connectivity index (χ1) is 20.5. The zero-order chi connectivity index (χ0) is 30.9. The summed E-state index contributed by atoms with van der Waals surface area (Å²) < 4.78 is 41.9. The summed E-state index contributed by atoms with van der Waals surface area (Å²) in [7, 11) is 0. The Balaban J connectivity index is 1.66. The van der Waals surface area contributed by atoms with E-state index < -0.39 is 41.4 Å². The molecule has 0 saturated carbocycles. The molecule has 0 aliphatic carbocycles. The number of hydrogen-bond acceptors (Lipinski definition) is 4. The van der Waals surface area contributed by atoms with Crippen LogP contribution in [-0.4, -0.2) is 46.0 Å². The zero-order valence-electron chi connectivity index (χ0n) is 23.2. The first kappa shape index (κ1) is 29.8. The van der Waals surface area contributed by atoms with Crippen molar-refractivity contribution in [2.75, 3.05) is 22.6 Å². The monoisotopic (exact) mass is 609 g/mol. The topological polar surface area (TPSA) is 96.3 Å². The molecular formula is C31H27ClF3N5O3. The number of para-hydroxylation sites is 1. The van der Waals surface area contributed by atoms with Crippen LogP contribution in [0, 0.1) is 6.92 Å². The smallest absolute Gasteiger partial charge is 0.339 e. The van der Waals surface area contributed by atoms with E-state index in [1.54, 1.807) is 42.8 Å². The van der Waals surface area contributed by atoms with Crippen LogP contribution in [0.1, 0.15) is 45.6 Å². The fraction of sp³-hybridized carbons (Fsp3) is 0.226. The predicted octanol–water partition coefficient (Wildman–Crippen LogP) is 5.67. The van der Waals surface area contributed by atoms with Crippen molar-refractivity contribution in [2.24, 2.45) is 0 Å². The highest BCUT2D eigenvalue weighted by atomic mass is 35.5. The molecule has 3 amide bonds. The van der Waals surface area contributed by atoms with E-state index >= 15 is 0 Å². The number of fused-ring (bicyclic) bond motifs is 1. The largest absolute Gasteiger partial charge is 0.416 e. The lowest BCUT2D eigenvalue weighted by Crippen LogP contribution is -2.55. The molecule has 2 atom stereocenters. The normalized spacial score (nSPS) is 16.5. The molecule has 0 spiro atoms. The van der Waals surface area contributed by atoms with Crippen LogP contribution in [0.3, 0.4) is 0 Å². The molecule has 1 aromatic heterocycles. The second kappa shape index (κ2) is 11.9. The van der Waals surface area contributed by atoms with E-state index in [0.29, 0.717) is 34.0 Å². The molecule has 1 aliphatic heterocycles. The number of aryl methyl sites for hydroxylation is 1. The molecule has 5 rings (SSSR count). The van der Waals surface area contributed by atoms with E-state index in [9.17, 15) is 27.6 Å². The van der Waals surface area contributed by atoms with Crippen molar-refractivity contribution in [3.8, 4) is 5.69 Å². The summed E-state index contributed by atoms with van der Waals surface area (Å²) in [6.07, 6.45) is -4.65. The maximum atomic E-state index is 14.2. The average Bonchev–Trinajstić information content (AvgIpc) is 3.34. The number of rotatable bonds is 7. The second-order valence-electron chi connectivity index (χ2n) is 9.97. The molecule has 43 heavy (non-hydrogen) atoms. The van der Waals surface area contributed by atoms with Gasteiger partial charge in [-0.2, -0.15) is 18.3 Å². The van der Waals surface area contributed by atoms with E-state index in [2.05, 4.69) is 10.6 Å². The van der Waals surface area contributed by atoms with Crippen LogP contribution >= 0.6 is 11.6 Å². The van der Waals surface area contributed by atoms with Crippen LogP contribution in [0.25, 0.3) is 5.69 Å². The summed E-state index contributed by atoms with van der Waals surface area (Å²) in [6.45, 7) is 3.81. The molecule has 4 aromatic rings. The number of amides is 3. The van der Waals surface area contributed by atoms with Crippen molar-refractivity contribution in [1.82, 2.24) is 15.1 Å². The van der Waals surface area contributed by atoms with Gasteiger partial charge < -0.3 is 10.6 Å². The van der Waals surface area contributed by atoms with E-state index in [4.69, 9.17) is 16.7 Å². The minimum Gasteiger partial charge on any atom is -0.339 e. The Bertz CT molecular complexity index is 1690. The highest BCUT2D eigenvalue weighted by molar-refractivity contribution is 6.29. The molecule has 8 nitrogen and oxygen atoms in total. The SMILES string of the molecule is CCN1C(=O)C(NC(=O)c2cccc(C(F)(F)F)c2)C(c2cccc(NC(=O)CCl)c2)c2c(C)nn(-c3ccccc3)c21. The first-order valence-electron chi connectivity index (χ1n) is 13.4. The molecule has 3 aromatic carbocycles. The lowest BCUT2D eigenvalue weighted by atomic mass is 9.81. The molecule has 2 heterocycles. The Labute approximate surface area is 250 Å². The molecule has 12 heteroatoms. The molecule has 0 saturated heterocycles. The minimum absolute atomic E-state index is 0.234. The van der Waals surface area contributed by atoms with Gasteiger partial charge in [-0.25, -0.2) is 4.68 Å². The predicted molar refractivity (Wildman–Crippen MR) is 157 cm³/mol. The third-order valence-corrected chi connectivity index (χ3v) is 7.46. The summed E-state index contributed by atoms with van der Waals surface area (Å²) in [6, 6.07) is 18.9. The summed E-state index contributed by atoms with van der Waals surface area (Å²) in [5.41, 5.74) is 1.73. The molecule has 2 unspecified atom stereocenters. The average molecular weight is 610 g/mol. The zero-order valence-corrected chi connectivity index (χ0v) is 23.9. The van der Waals surface area contributed by atoms with E-state index in [1.165, 1.54) is 11.0 Å². The number of likely N-dealkylation sites (N-methyl/N-ethyl adjacent to an activating group) is 1. The molecule has 0 radical (unpaired) electrons. The number of halogens is 4. The summed E-state index contributed by atoms with van der Waals surface area (Å²) in [4.78, 5) is 41.2. The van der Waals surface area contributed by atoms with Gasteiger partial charge in [0.25, 0.3) is 11.8 Å². The summed E-state index contributed by atoms with van der Waals surface area (Å²) in [5, 5.41) is 10.2. The van der Waals surface area contributed by atoms with Crippen LogP contribution in [0.5, 0.6) is 0 Å². The number of hydrogen-bond donors (Lipinski definition) is 2. The molecular weight excluding hydrogens is 583 g/mol. The fourth-order valence-corrected chi connectivity index (χ4v) is 5.42. The van der Waals surface area contributed by atoms with E-state index in [0.717, 1.165) is 18.2 Å². The summed E-state index contributed by atoms with van der Waals surface area (Å²) >= 11 is 5.68. The van der Waals surface area contributed by atoms with Gasteiger partial charge in [-0.3, -0.25) is 19.3 Å². The Morgan fingerprint density at radius 3 is 2.40 bits per heavy atom. The highest BCUT2D eigenvalue weighted by Crippen LogP contribution is 2.44. The Hall–Kier alpha value is -4.64. The minimum atomic E-state index is -4.65. The number of nitrogens with one attached hydrogen (secondary N) is 2. The van der Waals surface area contributed by atoms with Crippen molar-refractivity contribution < 1.29 is 27.6 Å². The Kier molecular flexibility index (Phi) is 8.27.